The summed E-state index contributed by atoms with van der Waals surface area (Å²) in [5.41, 5.74) is 1.66. The average Bonchev–Trinajstić information content (AvgIpc) is 3.01. The van der Waals surface area contributed by atoms with E-state index in [-0.39, 0.29) is 12.5 Å². The molecule has 0 saturated carbocycles. The van der Waals surface area contributed by atoms with Crippen LogP contribution >= 0.6 is 24.0 Å². The Bertz CT molecular complexity index is 779. The Hall–Kier alpha value is -2.39. The Kier molecular flexibility index (Phi) is 4.30. The number of hydrogen-bond acceptors (Lipinski definition) is 7. The maximum atomic E-state index is 11.6. The van der Waals surface area contributed by atoms with Crippen molar-refractivity contribution in [2.24, 2.45) is 0 Å². The highest BCUT2D eigenvalue weighted by Gasteiger charge is 2.21. The van der Waals surface area contributed by atoms with Crippen molar-refractivity contribution in [2.75, 3.05) is 0 Å². The average molecular weight is 349 g/mol. The molecule has 2 aromatic rings. The second kappa shape index (κ2) is 6.39. The Morgan fingerprint density at radius 3 is 2.78 bits per heavy atom. The number of benzene rings is 1. The molecule has 1 N–H and O–H groups in total. The van der Waals surface area contributed by atoms with Crippen LogP contribution in [0.5, 0.6) is 5.75 Å². The van der Waals surface area contributed by atoms with Gasteiger partial charge in [0.15, 0.2) is 6.61 Å². The molecular formula is C14H11N3O4S2. The minimum absolute atomic E-state index is 0.0613. The van der Waals surface area contributed by atoms with E-state index in [1.54, 1.807) is 25.1 Å². The van der Waals surface area contributed by atoms with Gasteiger partial charge >= 0.3 is 0 Å². The molecule has 1 aromatic carbocycles. The predicted molar refractivity (Wildman–Crippen MR) is 87.3 cm³/mol. The van der Waals surface area contributed by atoms with Gasteiger partial charge in [-0.3, -0.25) is 9.42 Å². The summed E-state index contributed by atoms with van der Waals surface area (Å²) < 4.78 is 10.5. The summed E-state index contributed by atoms with van der Waals surface area (Å²) in [4.78, 5) is 12.5. The Morgan fingerprint density at radius 1 is 1.48 bits per heavy atom. The number of rotatable bonds is 4. The van der Waals surface area contributed by atoms with Crippen molar-refractivity contribution in [3.05, 3.63) is 51.3 Å². The van der Waals surface area contributed by atoms with Crippen LogP contribution in [0.2, 0.25) is 0 Å². The molecule has 1 saturated heterocycles. The molecule has 0 unspecified atom stereocenters. The van der Waals surface area contributed by atoms with Crippen LogP contribution in [-0.2, 0) is 11.4 Å². The minimum atomic E-state index is -0.191. The molecular weight excluding hydrogens is 338 g/mol. The Morgan fingerprint density at radius 2 is 2.22 bits per heavy atom. The van der Waals surface area contributed by atoms with Crippen molar-refractivity contribution < 1.29 is 19.1 Å². The van der Waals surface area contributed by atoms with E-state index in [0.717, 1.165) is 5.56 Å². The highest BCUT2D eigenvalue weighted by Crippen LogP contribution is 2.26. The lowest BCUT2D eigenvalue weighted by Crippen LogP contribution is -2.29. The van der Waals surface area contributed by atoms with Crippen LogP contribution in [0, 0.1) is 12.1 Å². The van der Waals surface area contributed by atoms with E-state index in [9.17, 15) is 10.0 Å². The zero-order valence-electron chi connectivity index (χ0n) is 11.9. The molecule has 0 atom stereocenters. The summed E-state index contributed by atoms with van der Waals surface area (Å²) in [6.07, 6.45) is 1.75. The number of thiocarbonyl (C=S) groups is 1. The number of thioether (sulfide) groups is 1. The maximum Gasteiger partial charge on any atom is 0.263 e. The number of amides is 1. The number of nitrogens with one attached hydrogen (secondary N) is 1. The van der Waals surface area contributed by atoms with Crippen LogP contribution < -0.4 is 15.0 Å². The van der Waals surface area contributed by atoms with Gasteiger partial charge in [-0.05, 0) is 28.7 Å². The third kappa shape index (κ3) is 3.51. The van der Waals surface area contributed by atoms with Crippen LogP contribution in [0.15, 0.2) is 33.8 Å². The SMILES string of the molecule is Cc1no[n+]([O-])c1COc1ccc(/C=C2/SC(=S)NC2=O)cc1. The monoisotopic (exact) mass is 349 g/mol. The molecule has 0 aliphatic carbocycles. The quantitative estimate of drug-likeness (QED) is 0.510. The van der Waals surface area contributed by atoms with Gasteiger partial charge in [-0.1, -0.05) is 36.1 Å². The fourth-order valence-corrected chi connectivity index (χ4v) is 2.92. The fourth-order valence-electron chi connectivity index (χ4n) is 1.87. The lowest BCUT2D eigenvalue weighted by atomic mass is 10.2. The first kappa shape index (κ1) is 15.5. The molecule has 2 heterocycles. The van der Waals surface area contributed by atoms with Crippen LogP contribution in [-0.4, -0.2) is 15.4 Å². The summed E-state index contributed by atoms with van der Waals surface area (Å²) in [6, 6.07) is 7.12. The molecule has 0 radical (unpaired) electrons. The van der Waals surface area contributed by atoms with Gasteiger partial charge in [-0.25, -0.2) is 0 Å². The van der Waals surface area contributed by atoms with Crippen molar-refractivity contribution >= 4 is 40.3 Å². The number of aromatic nitrogens is 2. The van der Waals surface area contributed by atoms with Crippen molar-refractivity contribution in [3.8, 4) is 5.75 Å². The lowest BCUT2D eigenvalue weighted by molar-refractivity contribution is -0.808. The summed E-state index contributed by atoms with van der Waals surface area (Å²) in [5, 5.41) is 17.4. The number of carbonyl (C=O) groups is 1. The molecule has 1 aliphatic heterocycles. The first-order chi connectivity index (χ1) is 11.0. The molecule has 118 valence electrons. The van der Waals surface area contributed by atoms with Crippen molar-refractivity contribution in [2.45, 2.75) is 13.5 Å². The number of ether oxygens (including phenoxy) is 1. The van der Waals surface area contributed by atoms with Crippen molar-refractivity contribution in [1.82, 2.24) is 10.5 Å². The summed E-state index contributed by atoms with van der Waals surface area (Å²) >= 11 is 6.16. The minimum Gasteiger partial charge on any atom is -0.485 e. The van der Waals surface area contributed by atoms with E-state index in [2.05, 4.69) is 15.1 Å². The standard InChI is InChI=1S/C14H11N3O4S2/c1-8-11(17(19)21-16-8)7-20-10-4-2-9(3-5-10)6-12-13(18)15-14(22)23-12/h2-6H,7H2,1H3,(H,15,18,22)/b12-6+. The molecule has 1 fully saturated rings. The highest BCUT2D eigenvalue weighted by molar-refractivity contribution is 8.26. The predicted octanol–water partition coefficient (Wildman–Crippen LogP) is 1.68. The molecule has 1 aromatic heterocycles. The van der Waals surface area contributed by atoms with E-state index in [4.69, 9.17) is 17.0 Å². The Balaban J connectivity index is 1.67. The lowest BCUT2D eigenvalue weighted by Gasteiger charge is -2.04. The smallest absolute Gasteiger partial charge is 0.263 e. The zero-order valence-corrected chi connectivity index (χ0v) is 13.6. The molecule has 0 spiro atoms. The first-order valence-electron chi connectivity index (χ1n) is 6.56. The fraction of sp³-hybridized carbons (Fsp3) is 0.143. The molecule has 1 aliphatic rings. The second-order valence-corrected chi connectivity index (χ2v) is 6.39. The molecule has 23 heavy (non-hydrogen) atoms. The van der Waals surface area contributed by atoms with Gasteiger partial charge < -0.3 is 15.3 Å². The van der Waals surface area contributed by atoms with Gasteiger partial charge in [0.25, 0.3) is 5.91 Å². The number of carbonyl (C=O) groups excluding carboxylic acids is 1. The first-order valence-corrected chi connectivity index (χ1v) is 7.78. The summed E-state index contributed by atoms with van der Waals surface area (Å²) in [6.45, 7) is 1.73. The highest BCUT2D eigenvalue weighted by atomic mass is 32.2. The zero-order chi connectivity index (χ0) is 16.4. The van der Waals surface area contributed by atoms with E-state index in [1.807, 2.05) is 12.1 Å². The van der Waals surface area contributed by atoms with Crippen LogP contribution in [0.1, 0.15) is 17.0 Å². The van der Waals surface area contributed by atoms with Crippen LogP contribution in [0.4, 0.5) is 0 Å². The Labute approximate surface area is 140 Å². The van der Waals surface area contributed by atoms with Crippen molar-refractivity contribution in [3.63, 3.8) is 0 Å². The van der Waals surface area contributed by atoms with Crippen LogP contribution in [0.3, 0.4) is 0 Å². The molecule has 7 nitrogen and oxygen atoms in total. The van der Waals surface area contributed by atoms with Gasteiger partial charge in [-0.2, -0.15) is 0 Å². The number of nitrogens with zero attached hydrogens (tertiary/aromatic N) is 2. The second-order valence-electron chi connectivity index (χ2n) is 4.67. The van der Waals surface area contributed by atoms with E-state index in [0.29, 0.717) is 31.3 Å². The maximum absolute atomic E-state index is 11.6. The molecule has 0 bridgehead atoms. The van der Waals surface area contributed by atoms with Crippen LogP contribution in [0.25, 0.3) is 6.08 Å². The van der Waals surface area contributed by atoms with Crippen molar-refractivity contribution in [1.29, 1.82) is 0 Å². The van der Waals surface area contributed by atoms with Gasteiger partial charge in [0, 0.05) is 12.1 Å². The number of hydrogen-bond donors (Lipinski definition) is 1. The normalized spacial score (nSPS) is 16.0. The van der Waals surface area contributed by atoms with E-state index < -0.39 is 0 Å². The van der Waals surface area contributed by atoms with Gasteiger partial charge in [0.1, 0.15) is 10.1 Å². The van der Waals surface area contributed by atoms with Gasteiger partial charge in [-0.15, -0.1) is 0 Å². The topological polar surface area (TPSA) is 91.3 Å². The van der Waals surface area contributed by atoms with E-state index >= 15 is 0 Å². The third-order valence-electron chi connectivity index (χ3n) is 3.09. The largest absolute Gasteiger partial charge is 0.485 e. The molecule has 1 amide bonds. The summed E-state index contributed by atoms with van der Waals surface area (Å²) in [5.74, 6) is 0.398. The van der Waals surface area contributed by atoms with Gasteiger partial charge in [0.2, 0.25) is 11.4 Å². The molecule has 3 rings (SSSR count). The number of aryl methyl sites for hydroxylation is 1. The molecule has 9 heteroatoms. The van der Waals surface area contributed by atoms with E-state index in [1.165, 1.54) is 11.8 Å². The summed E-state index contributed by atoms with van der Waals surface area (Å²) in [7, 11) is 0. The van der Waals surface area contributed by atoms with Gasteiger partial charge in [0.05, 0.1) is 4.91 Å². The third-order valence-corrected chi connectivity index (χ3v) is 4.25.